The summed E-state index contributed by atoms with van der Waals surface area (Å²) in [7, 11) is 4.23. The summed E-state index contributed by atoms with van der Waals surface area (Å²) in [5, 5.41) is 3.32. The maximum Gasteiger partial charge on any atom is 0.0955 e. The summed E-state index contributed by atoms with van der Waals surface area (Å²) >= 11 is 0. The van der Waals surface area contributed by atoms with Crippen molar-refractivity contribution in [2.75, 3.05) is 26.7 Å². The lowest BCUT2D eigenvalue weighted by molar-refractivity contribution is 0.219. The van der Waals surface area contributed by atoms with Gasteiger partial charge in [-0.25, -0.2) is 4.98 Å². The van der Waals surface area contributed by atoms with Gasteiger partial charge in [0.2, 0.25) is 0 Å². The molecule has 2 heterocycles. The first-order chi connectivity index (χ1) is 8.72. The van der Waals surface area contributed by atoms with Crippen molar-refractivity contribution in [3.05, 3.63) is 30.1 Å². The van der Waals surface area contributed by atoms with Crippen LogP contribution in [0.2, 0.25) is 0 Å². The van der Waals surface area contributed by atoms with E-state index in [9.17, 15) is 0 Å². The molecule has 0 aliphatic carbocycles. The van der Waals surface area contributed by atoms with E-state index >= 15 is 0 Å². The van der Waals surface area contributed by atoms with Crippen molar-refractivity contribution in [2.45, 2.75) is 6.54 Å². The second-order valence-corrected chi connectivity index (χ2v) is 5.40. The Hall–Kier alpha value is -1.39. The van der Waals surface area contributed by atoms with E-state index in [0.29, 0.717) is 0 Å². The molecule has 2 aromatic rings. The smallest absolute Gasteiger partial charge is 0.0955 e. The Morgan fingerprint density at radius 3 is 3.00 bits per heavy atom. The standard InChI is InChI=1S/C14H20N4/c1-17(9-12-6-15-7-12)8-11-3-4-14-13(5-11)16-10-18(14)2/h3-5,10,12,15H,6-9H2,1-2H3. The Balaban J connectivity index is 1.69. The lowest BCUT2D eigenvalue weighted by Gasteiger charge is -2.31. The fourth-order valence-corrected chi connectivity index (χ4v) is 2.57. The summed E-state index contributed by atoms with van der Waals surface area (Å²) < 4.78 is 2.06. The van der Waals surface area contributed by atoms with Crippen LogP contribution in [0.15, 0.2) is 24.5 Å². The molecule has 1 saturated heterocycles. The highest BCUT2D eigenvalue weighted by Crippen LogP contribution is 2.15. The van der Waals surface area contributed by atoms with Crippen molar-refractivity contribution in [1.29, 1.82) is 0 Å². The number of hydrogen-bond acceptors (Lipinski definition) is 3. The average molecular weight is 244 g/mol. The van der Waals surface area contributed by atoms with E-state index < -0.39 is 0 Å². The molecule has 1 aliphatic rings. The minimum absolute atomic E-state index is 0.827. The molecule has 1 aromatic heterocycles. The molecule has 1 aromatic carbocycles. The Labute approximate surface area is 108 Å². The number of fused-ring (bicyclic) bond motifs is 1. The first kappa shape index (κ1) is 11.7. The van der Waals surface area contributed by atoms with E-state index in [1.165, 1.54) is 30.7 Å². The van der Waals surface area contributed by atoms with Crippen molar-refractivity contribution in [1.82, 2.24) is 19.8 Å². The molecule has 1 N–H and O–H groups in total. The molecular weight excluding hydrogens is 224 g/mol. The number of benzene rings is 1. The number of aryl methyl sites for hydroxylation is 1. The van der Waals surface area contributed by atoms with E-state index in [0.717, 1.165) is 18.0 Å². The van der Waals surface area contributed by atoms with Crippen LogP contribution in [0.3, 0.4) is 0 Å². The van der Waals surface area contributed by atoms with Crippen LogP contribution in [0.25, 0.3) is 11.0 Å². The number of imidazole rings is 1. The molecule has 96 valence electrons. The van der Waals surface area contributed by atoms with Crippen molar-refractivity contribution in [3.63, 3.8) is 0 Å². The van der Waals surface area contributed by atoms with Gasteiger partial charge in [0.15, 0.2) is 0 Å². The van der Waals surface area contributed by atoms with E-state index in [2.05, 4.69) is 45.0 Å². The van der Waals surface area contributed by atoms with Crippen molar-refractivity contribution in [3.8, 4) is 0 Å². The number of nitrogens with zero attached hydrogens (tertiary/aromatic N) is 3. The summed E-state index contributed by atoms with van der Waals surface area (Å²) in [6.07, 6.45) is 1.87. The third-order valence-electron chi connectivity index (χ3n) is 3.68. The Morgan fingerprint density at radius 2 is 2.28 bits per heavy atom. The molecule has 0 atom stereocenters. The van der Waals surface area contributed by atoms with Gasteiger partial charge in [0, 0.05) is 33.2 Å². The molecule has 0 amide bonds. The van der Waals surface area contributed by atoms with Crippen LogP contribution in [-0.2, 0) is 13.6 Å². The van der Waals surface area contributed by atoms with E-state index in [-0.39, 0.29) is 0 Å². The Bertz CT molecular complexity index is 542. The zero-order chi connectivity index (χ0) is 12.5. The highest BCUT2D eigenvalue weighted by molar-refractivity contribution is 5.75. The summed E-state index contributed by atoms with van der Waals surface area (Å²) in [5.41, 5.74) is 3.63. The van der Waals surface area contributed by atoms with Crippen molar-refractivity contribution < 1.29 is 0 Å². The predicted octanol–water partition coefficient (Wildman–Crippen LogP) is 1.22. The highest BCUT2D eigenvalue weighted by Gasteiger charge is 2.18. The van der Waals surface area contributed by atoms with Crippen LogP contribution in [0.1, 0.15) is 5.56 Å². The van der Waals surface area contributed by atoms with Gasteiger partial charge < -0.3 is 14.8 Å². The van der Waals surface area contributed by atoms with E-state index in [4.69, 9.17) is 0 Å². The molecule has 0 spiro atoms. The first-order valence-corrected chi connectivity index (χ1v) is 6.51. The summed E-state index contributed by atoms with van der Waals surface area (Å²) in [5.74, 6) is 0.827. The average Bonchev–Trinajstić information content (AvgIpc) is 2.66. The zero-order valence-corrected chi connectivity index (χ0v) is 11.1. The number of nitrogens with one attached hydrogen (secondary N) is 1. The van der Waals surface area contributed by atoms with E-state index in [1.54, 1.807) is 0 Å². The van der Waals surface area contributed by atoms with Crippen LogP contribution in [0.5, 0.6) is 0 Å². The maximum absolute atomic E-state index is 4.41. The van der Waals surface area contributed by atoms with Crippen LogP contribution in [-0.4, -0.2) is 41.1 Å². The fourth-order valence-electron chi connectivity index (χ4n) is 2.57. The lowest BCUT2D eigenvalue weighted by Crippen LogP contribution is -2.47. The van der Waals surface area contributed by atoms with Crippen LogP contribution < -0.4 is 5.32 Å². The van der Waals surface area contributed by atoms with Crippen LogP contribution in [0, 0.1) is 5.92 Å². The summed E-state index contributed by atoms with van der Waals surface area (Å²) in [6, 6.07) is 6.57. The first-order valence-electron chi connectivity index (χ1n) is 6.51. The van der Waals surface area contributed by atoms with Gasteiger partial charge in [0.25, 0.3) is 0 Å². The number of hydrogen-bond donors (Lipinski definition) is 1. The SMILES string of the molecule is CN(Cc1ccc2c(c1)ncn2C)CC1CNC1. The zero-order valence-electron chi connectivity index (χ0n) is 11.1. The minimum Gasteiger partial charge on any atom is -0.334 e. The number of rotatable bonds is 4. The molecule has 18 heavy (non-hydrogen) atoms. The molecule has 0 unspecified atom stereocenters. The monoisotopic (exact) mass is 244 g/mol. The second-order valence-electron chi connectivity index (χ2n) is 5.40. The third-order valence-corrected chi connectivity index (χ3v) is 3.68. The molecule has 0 bridgehead atoms. The summed E-state index contributed by atoms with van der Waals surface area (Å²) in [6.45, 7) is 4.52. The van der Waals surface area contributed by atoms with Gasteiger partial charge >= 0.3 is 0 Å². The molecule has 0 saturated carbocycles. The van der Waals surface area contributed by atoms with Gasteiger partial charge in [0.1, 0.15) is 0 Å². The van der Waals surface area contributed by atoms with Gasteiger partial charge in [-0.05, 0) is 30.7 Å². The lowest BCUT2D eigenvalue weighted by atomic mass is 10.0. The van der Waals surface area contributed by atoms with Gasteiger partial charge in [-0.3, -0.25) is 0 Å². The van der Waals surface area contributed by atoms with Crippen LogP contribution >= 0.6 is 0 Å². The van der Waals surface area contributed by atoms with Crippen LogP contribution in [0.4, 0.5) is 0 Å². The third kappa shape index (κ3) is 2.26. The topological polar surface area (TPSA) is 33.1 Å². The molecular formula is C14H20N4. The predicted molar refractivity (Wildman–Crippen MR) is 73.4 cm³/mol. The molecule has 4 heteroatoms. The summed E-state index contributed by atoms with van der Waals surface area (Å²) in [4.78, 5) is 6.81. The molecule has 1 aliphatic heterocycles. The van der Waals surface area contributed by atoms with Gasteiger partial charge in [-0.2, -0.15) is 0 Å². The molecule has 3 rings (SSSR count). The molecule has 1 fully saturated rings. The molecule has 4 nitrogen and oxygen atoms in total. The van der Waals surface area contributed by atoms with Gasteiger partial charge in [-0.1, -0.05) is 6.07 Å². The number of aromatic nitrogens is 2. The van der Waals surface area contributed by atoms with Crippen molar-refractivity contribution >= 4 is 11.0 Å². The normalized spacial score (nSPS) is 16.4. The van der Waals surface area contributed by atoms with Crippen molar-refractivity contribution in [2.24, 2.45) is 13.0 Å². The Kier molecular flexibility index (Phi) is 3.06. The molecule has 0 radical (unpaired) electrons. The fraction of sp³-hybridized carbons (Fsp3) is 0.500. The maximum atomic E-state index is 4.41. The largest absolute Gasteiger partial charge is 0.334 e. The van der Waals surface area contributed by atoms with Gasteiger partial charge in [-0.15, -0.1) is 0 Å². The highest BCUT2D eigenvalue weighted by atomic mass is 15.1. The second kappa shape index (κ2) is 4.71. The minimum atomic E-state index is 0.827. The van der Waals surface area contributed by atoms with Gasteiger partial charge in [0.05, 0.1) is 17.4 Å². The quantitative estimate of drug-likeness (QED) is 0.878. The van der Waals surface area contributed by atoms with E-state index in [1.807, 2.05) is 13.4 Å². The Morgan fingerprint density at radius 1 is 1.44 bits per heavy atom.